The summed E-state index contributed by atoms with van der Waals surface area (Å²) in [5.41, 5.74) is 2.36. The molecule has 2 aromatic rings. The van der Waals surface area contributed by atoms with E-state index >= 15 is 0 Å². The normalized spacial score (nSPS) is 10.4. The first-order valence-electron chi connectivity index (χ1n) is 6.30. The highest BCUT2D eigenvalue weighted by Gasteiger charge is 2.02. The first kappa shape index (κ1) is 13.8. The molecular formula is C15H17ClN2O. The minimum Gasteiger partial charge on any atom is -0.492 e. The van der Waals surface area contributed by atoms with Crippen molar-refractivity contribution < 1.29 is 4.74 Å². The summed E-state index contributed by atoms with van der Waals surface area (Å²) in [5.74, 6) is 0.738. The second-order valence-corrected chi connectivity index (χ2v) is 4.56. The highest BCUT2D eigenvalue weighted by Crippen LogP contribution is 2.25. The Kier molecular flexibility index (Phi) is 5.19. The average molecular weight is 277 g/mol. The number of rotatable bonds is 6. The molecule has 0 atom stereocenters. The summed E-state index contributed by atoms with van der Waals surface area (Å²) in [5, 5.41) is 4.03. The van der Waals surface area contributed by atoms with Gasteiger partial charge in [0.15, 0.2) is 0 Å². The van der Waals surface area contributed by atoms with E-state index in [1.807, 2.05) is 37.3 Å². The van der Waals surface area contributed by atoms with E-state index in [1.54, 1.807) is 12.4 Å². The lowest BCUT2D eigenvalue weighted by Crippen LogP contribution is -2.12. The van der Waals surface area contributed by atoms with Gasteiger partial charge in [-0.25, -0.2) is 0 Å². The third-order valence-electron chi connectivity index (χ3n) is 2.70. The fourth-order valence-electron chi connectivity index (χ4n) is 1.78. The van der Waals surface area contributed by atoms with Crippen LogP contribution in [0.5, 0.6) is 5.75 Å². The van der Waals surface area contributed by atoms with E-state index in [0.717, 1.165) is 24.4 Å². The Morgan fingerprint density at radius 1 is 1.11 bits per heavy atom. The molecule has 0 aliphatic carbocycles. The van der Waals surface area contributed by atoms with Crippen molar-refractivity contribution >= 4 is 11.6 Å². The average Bonchev–Trinajstić information content (AvgIpc) is 2.43. The topological polar surface area (TPSA) is 34.1 Å². The maximum Gasteiger partial charge on any atom is 0.137 e. The summed E-state index contributed by atoms with van der Waals surface area (Å²) >= 11 is 6.14. The van der Waals surface area contributed by atoms with Crippen LogP contribution in [-0.2, 0) is 13.1 Å². The molecule has 0 aliphatic heterocycles. The number of aromatic nitrogens is 1. The van der Waals surface area contributed by atoms with E-state index in [4.69, 9.17) is 16.3 Å². The standard InChI is InChI=1S/C15H17ClN2O/c1-2-19-15-4-3-13(9-14(15)16)11-18-10-12-5-7-17-8-6-12/h3-9,18H,2,10-11H2,1H3. The molecule has 100 valence electrons. The maximum atomic E-state index is 6.14. The summed E-state index contributed by atoms with van der Waals surface area (Å²) in [7, 11) is 0. The number of hydrogen-bond donors (Lipinski definition) is 1. The molecule has 1 aromatic heterocycles. The van der Waals surface area contributed by atoms with E-state index < -0.39 is 0 Å². The largest absolute Gasteiger partial charge is 0.492 e. The summed E-state index contributed by atoms with van der Waals surface area (Å²) < 4.78 is 5.41. The van der Waals surface area contributed by atoms with Crippen molar-refractivity contribution in [1.82, 2.24) is 10.3 Å². The van der Waals surface area contributed by atoms with Crippen LogP contribution in [0.4, 0.5) is 0 Å². The fourth-order valence-corrected chi connectivity index (χ4v) is 2.04. The number of pyridine rings is 1. The van der Waals surface area contributed by atoms with Crippen LogP contribution < -0.4 is 10.1 Å². The van der Waals surface area contributed by atoms with E-state index in [9.17, 15) is 0 Å². The van der Waals surface area contributed by atoms with Crippen molar-refractivity contribution in [3.8, 4) is 5.75 Å². The number of hydrogen-bond acceptors (Lipinski definition) is 3. The van der Waals surface area contributed by atoms with Gasteiger partial charge in [0.05, 0.1) is 11.6 Å². The number of nitrogens with one attached hydrogen (secondary N) is 1. The zero-order chi connectivity index (χ0) is 13.5. The highest BCUT2D eigenvalue weighted by molar-refractivity contribution is 6.32. The molecule has 0 spiro atoms. The SMILES string of the molecule is CCOc1ccc(CNCc2ccncc2)cc1Cl. The van der Waals surface area contributed by atoms with Gasteiger partial charge in [-0.05, 0) is 42.3 Å². The van der Waals surface area contributed by atoms with Crippen molar-refractivity contribution in [1.29, 1.82) is 0 Å². The Hall–Kier alpha value is -1.58. The van der Waals surface area contributed by atoms with Crippen LogP contribution in [0.2, 0.25) is 5.02 Å². The quantitative estimate of drug-likeness (QED) is 0.878. The molecule has 0 unspecified atom stereocenters. The Morgan fingerprint density at radius 3 is 2.53 bits per heavy atom. The molecule has 0 saturated heterocycles. The monoisotopic (exact) mass is 276 g/mol. The second kappa shape index (κ2) is 7.12. The smallest absolute Gasteiger partial charge is 0.137 e. The van der Waals surface area contributed by atoms with Gasteiger partial charge in [-0.15, -0.1) is 0 Å². The van der Waals surface area contributed by atoms with E-state index in [2.05, 4.69) is 10.3 Å². The molecule has 1 N–H and O–H groups in total. The molecule has 0 bridgehead atoms. The number of ether oxygens (including phenoxy) is 1. The van der Waals surface area contributed by atoms with Crippen LogP contribution in [0.25, 0.3) is 0 Å². The number of benzene rings is 1. The summed E-state index contributed by atoms with van der Waals surface area (Å²) in [4.78, 5) is 3.99. The van der Waals surface area contributed by atoms with Gasteiger partial charge < -0.3 is 10.1 Å². The molecule has 0 fully saturated rings. The summed E-state index contributed by atoms with van der Waals surface area (Å²) in [6, 6.07) is 9.87. The Bertz CT molecular complexity index is 517. The molecular weight excluding hydrogens is 260 g/mol. The van der Waals surface area contributed by atoms with Gasteiger partial charge in [-0.3, -0.25) is 4.98 Å². The maximum absolute atomic E-state index is 6.14. The van der Waals surface area contributed by atoms with Crippen molar-refractivity contribution in [2.45, 2.75) is 20.0 Å². The van der Waals surface area contributed by atoms with Crippen LogP contribution in [0.15, 0.2) is 42.7 Å². The van der Waals surface area contributed by atoms with Gasteiger partial charge in [-0.2, -0.15) is 0 Å². The lowest BCUT2D eigenvalue weighted by atomic mass is 10.2. The van der Waals surface area contributed by atoms with Gasteiger partial charge in [0.2, 0.25) is 0 Å². The molecule has 0 radical (unpaired) electrons. The van der Waals surface area contributed by atoms with Crippen LogP contribution in [0.1, 0.15) is 18.1 Å². The first-order chi connectivity index (χ1) is 9.29. The minimum absolute atomic E-state index is 0.624. The van der Waals surface area contributed by atoms with Crippen molar-refractivity contribution in [2.24, 2.45) is 0 Å². The third kappa shape index (κ3) is 4.23. The van der Waals surface area contributed by atoms with Crippen molar-refractivity contribution in [3.05, 3.63) is 58.9 Å². The first-order valence-corrected chi connectivity index (χ1v) is 6.68. The molecule has 1 heterocycles. The van der Waals surface area contributed by atoms with Crippen molar-refractivity contribution in [2.75, 3.05) is 6.61 Å². The van der Waals surface area contributed by atoms with Gasteiger partial charge in [0.1, 0.15) is 5.75 Å². The Morgan fingerprint density at radius 2 is 1.84 bits per heavy atom. The summed E-state index contributed by atoms with van der Waals surface area (Å²) in [6.45, 7) is 4.15. The van der Waals surface area contributed by atoms with Crippen molar-refractivity contribution in [3.63, 3.8) is 0 Å². The zero-order valence-corrected chi connectivity index (χ0v) is 11.7. The summed E-state index contributed by atoms with van der Waals surface area (Å²) in [6.07, 6.45) is 3.59. The molecule has 3 nitrogen and oxygen atoms in total. The van der Waals surface area contributed by atoms with Crippen LogP contribution >= 0.6 is 11.6 Å². The fraction of sp³-hybridized carbons (Fsp3) is 0.267. The predicted octanol–water partition coefficient (Wildman–Crippen LogP) is 3.42. The second-order valence-electron chi connectivity index (χ2n) is 4.16. The highest BCUT2D eigenvalue weighted by atomic mass is 35.5. The molecule has 0 aliphatic rings. The van der Waals surface area contributed by atoms with E-state index in [0.29, 0.717) is 11.6 Å². The third-order valence-corrected chi connectivity index (χ3v) is 3.00. The molecule has 2 rings (SSSR count). The van der Waals surface area contributed by atoms with Crippen LogP contribution in [0, 0.1) is 0 Å². The molecule has 19 heavy (non-hydrogen) atoms. The predicted molar refractivity (Wildman–Crippen MR) is 77.4 cm³/mol. The van der Waals surface area contributed by atoms with Gasteiger partial charge in [-0.1, -0.05) is 17.7 Å². The Balaban J connectivity index is 1.88. The Labute approximate surface area is 118 Å². The van der Waals surface area contributed by atoms with Gasteiger partial charge in [0, 0.05) is 25.5 Å². The van der Waals surface area contributed by atoms with Gasteiger partial charge in [0.25, 0.3) is 0 Å². The zero-order valence-electron chi connectivity index (χ0n) is 10.9. The number of halogens is 1. The minimum atomic E-state index is 0.624. The van der Waals surface area contributed by atoms with Crippen LogP contribution in [0.3, 0.4) is 0 Å². The molecule has 0 saturated carbocycles. The van der Waals surface area contributed by atoms with Crippen LogP contribution in [-0.4, -0.2) is 11.6 Å². The lowest BCUT2D eigenvalue weighted by molar-refractivity contribution is 0.340. The van der Waals surface area contributed by atoms with E-state index in [-0.39, 0.29) is 0 Å². The molecule has 4 heteroatoms. The molecule has 1 aromatic carbocycles. The van der Waals surface area contributed by atoms with E-state index in [1.165, 1.54) is 5.56 Å². The lowest BCUT2D eigenvalue weighted by Gasteiger charge is -2.09. The van der Waals surface area contributed by atoms with Gasteiger partial charge >= 0.3 is 0 Å². The molecule has 0 amide bonds. The number of nitrogens with zero attached hydrogens (tertiary/aromatic N) is 1.